The largest absolute Gasteiger partial charge is 0.373 e. The number of carbonyl (C=O) groups excluding carboxylic acids is 1. The molecule has 0 unspecified atom stereocenters. The van der Waals surface area contributed by atoms with Gasteiger partial charge >= 0.3 is 0 Å². The minimum absolute atomic E-state index is 0. The number of thioether (sulfide) groups is 1. The third-order valence-electron chi connectivity index (χ3n) is 5.44. The molecule has 1 atom stereocenters. The van der Waals surface area contributed by atoms with Gasteiger partial charge in [0.2, 0.25) is 5.91 Å². The Morgan fingerprint density at radius 3 is 2.60 bits per heavy atom. The molecule has 2 aliphatic rings. The zero-order valence-electron chi connectivity index (χ0n) is 16.0. The summed E-state index contributed by atoms with van der Waals surface area (Å²) in [6.45, 7) is 7.70. The van der Waals surface area contributed by atoms with Crippen LogP contribution in [0.1, 0.15) is 52.4 Å². The van der Waals surface area contributed by atoms with Crippen LogP contribution in [0.15, 0.2) is 0 Å². The van der Waals surface area contributed by atoms with Gasteiger partial charge in [0.15, 0.2) is 0 Å². The minimum atomic E-state index is -0.390. The molecule has 3 N–H and O–H groups in total. The van der Waals surface area contributed by atoms with Crippen molar-refractivity contribution in [3.63, 3.8) is 0 Å². The summed E-state index contributed by atoms with van der Waals surface area (Å²) in [6, 6.07) is -0.390. The van der Waals surface area contributed by atoms with Crippen LogP contribution in [0, 0.1) is 0 Å². The summed E-state index contributed by atoms with van der Waals surface area (Å²) in [6.07, 6.45) is 8.88. The third kappa shape index (κ3) is 6.58. The van der Waals surface area contributed by atoms with Crippen molar-refractivity contribution in [1.82, 2.24) is 10.2 Å². The summed E-state index contributed by atoms with van der Waals surface area (Å²) in [4.78, 5) is 14.9. The number of rotatable bonds is 7. The van der Waals surface area contributed by atoms with Gasteiger partial charge < -0.3 is 15.8 Å². The first-order valence-corrected chi connectivity index (χ1v) is 10.7. The summed E-state index contributed by atoms with van der Waals surface area (Å²) in [5.41, 5.74) is 5.99. The number of nitrogens with zero attached hydrogens (tertiary/aromatic N) is 1. The lowest BCUT2D eigenvalue weighted by molar-refractivity contribution is -0.130. The van der Waals surface area contributed by atoms with Crippen LogP contribution in [0.2, 0.25) is 0 Å². The van der Waals surface area contributed by atoms with Crippen LogP contribution in [0.4, 0.5) is 0 Å². The highest BCUT2D eigenvalue weighted by Crippen LogP contribution is 2.36. The molecule has 1 saturated carbocycles. The quantitative estimate of drug-likeness (QED) is 0.695. The Kier molecular flexibility index (Phi) is 9.54. The van der Waals surface area contributed by atoms with Crippen LogP contribution in [0.5, 0.6) is 0 Å². The van der Waals surface area contributed by atoms with Crippen LogP contribution in [0.3, 0.4) is 0 Å². The second-order valence-corrected chi connectivity index (χ2v) is 8.91. The molecule has 5 nitrogen and oxygen atoms in total. The van der Waals surface area contributed by atoms with Gasteiger partial charge in [0, 0.05) is 25.2 Å². The average molecular weight is 394 g/mol. The average Bonchev–Trinajstić information content (AvgIpc) is 2.57. The number of nitrogens with one attached hydrogen (secondary N) is 1. The number of morpholine rings is 1. The monoisotopic (exact) mass is 393 g/mol. The molecule has 0 bridgehead atoms. The Hall–Kier alpha value is -0.0100. The van der Waals surface area contributed by atoms with Crippen molar-refractivity contribution >= 4 is 30.1 Å². The zero-order valence-corrected chi connectivity index (χ0v) is 17.6. The SMILES string of the molecule is CSCC[C@H](N)C(=O)NCC1(N2CCOC(C)(C)C2)CCCCC1.Cl. The fourth-order valence-electron chi connectivity index (χ4n) is 3.99. The van der Waals surface area contributed by atoms with Gasteiger partial charge in [-0.25, -0.2) is 0 Å². The van der Waals surface area contributed by atoms with Gasteiger partial charge in [-0.1, -0.05) is 19.3 Å². The second-order valence-electron chi connectivity index (χ2n) is 7.92. The van der Waals surface area contributed by atoms with E-state index in [1.54, 1.807) is 11.8 Å². The van der Waals surface area contributed by atoms with Crippen molar-refractivity contribution in [3.8, 4) is 0 Å². The molecule has 7 heteroatoms. The van der Waals surface area contributed by atoms with E-state index >= 15 is 0 Å². The fraction of sp³-hybridized carbons (Fsp3) is 0.944. The molecule has 25 heavy (non-hydrogen) atoms. The predicted molar refractivity (Wildman–Crippen MR) is 109 cm³/mol. The van der Waals surface area contributed by atoms with Crippen LogP contribution < -0.4 is 11.1 Å². The first kappa shape index (κ1) is 23.0. The van der Waals surface area contributed by atoms with E-state index in [0.29, 0.717) is 0 Å². The Bertz CT molecular complexity index is 417. The molecule has 148 valence electrons. The van der Waals surface area contributed by atoms with E-state index < -0.39 is 0 Å². The van der Waals surface area contributed by atoms with Crippen molar-refractivity contribution < 1.29 is 9.53 Å². The molecule has 2 fully saturated rings. The van der Waals surface area contributed by atoms with Crippen LogP contribution in [-0.4, -0.2) is 66.2 Å². The number of halogens is 1. The highest BCUT2D eigenvalue weighted by atomic mass is 35.5. The summed E-state index contributed by atoms with van der Waals surface area (Å²) in [7, 11) is 0. The number of hydrogen-bond acceptors (Lipinski definition) is 5. The Labute approximate surface area is 163 Å². The van der Waals surface area contributed by atoms with Gasteiger partial charge in [-0.3, -0.25) is 9.69 Å². The van der Waals surface area contributed by atoms with E-state index in [-0.39, 0.29) is 35.5 Å². The Balaban J connectivity index is 0.00000312. The Morgan fingerprint density at radius 1 is 1.32 bits per heavy atom. The smallest absolute Gasteiger partial charge is 0.237 e. The second kappa shape index (κ2) is 10.4. The molecular weight excluding hydrogens is 358 g/mol. The van der Waals surface area contributed by atoms with E-state index in [9.17, 15) is 4.79 Å². The molecule has 1 heterocycles. The minimum Gasteiger partial charge on any atom is -0.373 e. The predicted octanol–water partition coefficient (Wildman–Crippen LogP) is 2.42. The van der Waals surface area contributed by atoms with Crippen molar-refractivity contribution in [2.24, 2.45) is 5.73 Å². The molecule has 1 saturated heterocycles. The molecule has 2 rings (SSSR count). The summed E-state index contributed by atoms with van der Waals surface area (Å²) >= 11 is 1.73. The standard InChI is InChI=1S/C18H35N3O2S.ClH/c1-17(2)14-21(10-11-23-17)18(8-5-4-6-9-18)13-20-16(22)15(19)7-12-24-3;/h15H,4-14,19H2,1-3H3,(H,20,22);1H/t15-;/m0./s1. The molecule has 1 amide bonds. The lowest BCUT2D eigenvalue weighted by atomic mass is 9.79. The van der Waals surface area contributed by atoms with Gasteiger partial charge in [0.25, 0.3) is 0 Å². The van der Waals surface area contributed by atoms with Crippen molar-refractivity contribution in [2.75, 3.05) is 38.2 Å². The van der Waals surface area contributed by atoms with E-state index in [4.69, 9.17) is 10.5 Å². The van der Waals surface area contributed by atoms with Crippen LogP contribution in [-0.2, 0) is 9.53 Å². The Morgan fingerprint density at radius 2 is 2.00 bits per heavy atom. The highest BCUT2D eigenvalue weighted by Gasteiger charge is 2.42. The maximum absolute atomic E-state index is 12.4. The topological polar surface area (TPSA) is 67.6 Å². The van der Waals surface area contributed by atoms with Gasteiger partial charge in [-0.05, 0) is 45.1 Å². The highest BCUT2D eigenvalue weighted by molar-refractivity contribution is 7.98. The van der Waals surface area contributed by atoms with Crippen LogP contribution in [0.25, 0.3) is 0 Å². The normalized spacial score (nSPS) is 24.2. The number of amides is 1. The van der Waals surface area contributed by atoms with Crippen molar-refractivity contribution in [2.45, 2.75) is 69.6 Å². The molecule has 0 aromatic heterocycles. The maximum Gasteiger partial charge on any atom is 0.237 e. The number of carbonyl (C=O) groups is 1. The summed E-state index contributed by atoms with van der Waals surface area (Å²) in [5, 5.41) is 3.17. The van der Waals surface area contributed by atoms with Gasteiger partial charge in [0.05, 0.1) is 18.2 Å². The molecule has 1 aliphatic carbocycles. The van der Waals surface area contributed by atoms with Gasteiger partial charge in [-0.2, -0.15) is 11.8 Å². The molecule has 1 aliphatic heterocycles. The van der Waals surface area contributed by atoms with E-state index in [2.05, 4.69) is 24.1 Å². The fourth-order valence-corrected chi connectivity index (χ4v) is 4.48. The third-order valence-corrected chi connectivity index (χ3v) is 6.09. The molecule has 0 aromatic rings. The lowest BCUT2D eigenvalue weighted by Crippen LogP contribution is -2.63. The number of nitrogens with two attached hydrogens (primary N) is 1. The summed E-state index contributed by atoms with van der Waals surface area (Å²) < 4.78 is 5.89. The first-order chi connectivity index (χ1) is 11.4. The summed E-state index contributed by atoms with van der Waals surface area (Å²) in [5.74, 6) is 0.929. The van der Waals surface area contributed by atoms with Gasteiger partial charge in [-0.15, -0.1) is 12.4 Å². The maximum atomic E-state index is 12.4. The molecule has 0 radical (unpaired) electrons. The van der Waals surface area contributed by atoms with Gasteiger partial charge in [0.1, 0.15) is 0 Å². The number of ether oxygens (including phenoxy) is 1. The van der Waals surface area contributed by atoms with E-state index in [1.807, 2.05) is 6.26 Å². The van der Waals surface area contributed by atoms with E-state index in [0.717, 1.165) is 51.3 Å². The molecule has 0 spiro atoms. The molecular formula is C18H36ClN3O2S. The van der Waals surface area contributed by atoms with Crippen molar-refractivity contribution in [3.05, 3.63) is 0 Å². The molecule has 0 aromatic carbocycles. The first-order valence-electron chi connectivity index (χ1n) is 9.30. The zero-order chi connectivity index (χ0) is 17.6. The van der Waals surface area contributed by atoms with Crippen molar-refractivity contribution in [1.29, 1.82) is 0 Å². The van der Waals surface area contributed by atoms with E-state index in [1.165, 1.54) is 19.3 Å². The van der Waals surface area contributed by atoms with Crippen LogP contribution >= 0.6 is 24.2 Å². The number of hydrogen-bond donors (Lipinski definition) is 2. The lowest BCUT2D eigenvalue weighted by Gasteiger charge is -2.51.